The number of halogens is 3. The molecule has 0 aromatic heterocycles. The van der Waals surface area contributed by atoms with Crippen LogP contribution in [0.25, 0.3) is 0 Å². The van der Waals surface area contributed by atoms with Gasteiger partial charge in [-0.15, -0.1) is 0 Å². The summed E-state index contributed by atoms with van der Waals surface area (Å²) in [6.07, 6.45) is 4.41. The summed E-state index contributed by atoms with van der Waals surface area (Å²) in [6.45, 7) is 3.85. The molecule has 0 radical (unpaired) electrons. The average molecular weight is 486 g/mol. The number of carboxylic acids is 1. The van der Waals surface area contributed by atoms with Crippen molar-refractivity contribution < 1.29 is 32.7 Å². The predicted octanol–water partition coefficient (Wildman–Crippen LogP) is 3.34. The number of carboxylic acid groups (broad SMARTS) is 1. The second kappa shape index (κ2) is 14.4. The van der Waals surface area contributed by atoms with Crippen molar-refractivity contribution in [3.05, 3.63) is 48.0 Å². The fourth-order valence-corrected chi connectivity index (χ4v) is 3.46. The number of benzene rings is 1. The number of aliphatic carboxylic acids is 1. The SMILES string of the molecule is CC1CCCCC1NC(=O)C=C[C@H](CCc1ccccc1)NC(=O)[C@H](C)N.O=C(O)C(F)(F)F. The van der Waals surface area contributed by atoms with Gasteiger partial charge in [-0.3, -0.25) is 9.59 Å². The zero-order chi connectivity index (χ0) is 25.7. The van der Waals surface area contributed by atoms with Crippen LogP contribution in [0.5, 0.6) is 0 Å². The molecule has 0 heterocycles. The molecule has 2 rings (SSSR count). The molecule has 0 spiro atoms. The van der Waals surface area contributed by atoms with Crippen LogP contribution in [0.4, 0.5) is 13.2 Å². The second-order valence-corrected chi connectivity index (χ2v) is 8.47. The van der Waals surface area contributed by atoms with Crippen molar-refractivity contribution in [2.45, 2.75) is 76.7 Å². The molecule has 190 valence electrons. The zero-order valence-corrected chi connectivity index (χ0v) is 19.5. The van der Waals surface area contributed by atoms with Gasteiger partial charge in [0.15, 0.2) is 0 Å². The van der Waals surface area contributed by atoms with Crippen molar-refractivity contribution in [3.63, 3.8) is 0 Å². The number of hydrogen-bond acceptors (Lipinski definition) is 4. The highest BCUT2D eigenvalue weighted by molar-refractivity contribution is 5.88. The van der Waals surface area contributed by atoms with Crippen LogP contribution in [0.3, 0.4) is 0 Å². The minimum absolute atomic E-state index is 0.0893. The minimum Gasteiger partial charge on any atom is -0.475 e. The van der Waals surface area contributed by atoms with Crippen molar-refractivity contribution in [3.8, 4) is 0 Å². The Balaban J connectivity index is 0.000000718. The van der Waals surface area contributed by atoms with Crippen LogP contribution in [0.1, 0.15) is 51.5 Å². The number of alkyl halides is 3. The fraction of sp³-hybridized carbons (Fsp3) is 0.542. The molecule has 7 nitrogen and oxygen atoms in total. The van der Waals surface area contributed by atoms with Crippen molar-refractivity contribution in [2.75, 3.05) is 0 Å². The Labute approximate surface area is 198 Å². The Morgan fingerprint density at radius 2 is 1.76 bits per heavy atom. The molecule has 1 aliphatic carbocycles. The molecule has 1 saturated carbocycles. The van der Waals surface area contributed by atoms with E-state index in [1.54, 1.807) is 19.1 Å². The lowest BCUT2D eigenvalue weighted by Gasteiger charge is -2.29. The van der Waals surface area contributed by atoms with E-state index in [9.17, 15) is 22.8 Å². The van der Waals surface area contributed by atoms with Crippen LogP contribution in [-0.4, -0.2) is 47.2 Å². The molecule has 0 aliphatic heterocycles. The van der Waals surface area contributed by atoms with Crippen molar-refractivity contribution in [1.29, 1.82) is 0 Å². The Hall–Kier alpha value is -2.88. The normalized spacial score (nSPS) is 19.9. The molecule has 4 atom stereocenters. The highest BCUT2D eigenvalue weighted by Crippen LogP contribution is 2.23. The highest BCUT2D eigenvalue weighted by atomic mass is 19.4. The molecule has 1 aliphatic rings. The molecular formula is C24H34F3N3O4. The van der Waals surface area contributed by atoms with Crippen LogP contribution in [0, 0.1) is 5.92 Å². The smallest absolute Gasteiger partial charge is 0.475 e. The summed E-state index contributed by atoms with van der Waals surface area (Å²) < 4.78 is 31.7. The maximum Gasteiger partial charge on any atom is 0.490 e. The maximum absolute atomic E-state index is 12.3. The Kier molecular flexibility index (Phi) is 12.3. The molecule has 34 heavy (non-hydrogen) atoms. The molecule has 2 unspecified atom stereocenters. The first kappa shape index (κ1) is 29.2. The van der Waals surface area contributed by atoms with Gasteiger partial charge >= 0.3 is 12.1 Å². The van der Waals surface area contributed by atoms with E-state index in [4.69, 9.17) is 15.6 Å². The third kappa shape index (κ3) is 11.8. The van der Waals surface area contributed by atoms with Crippen LogP contribution in [0.15, 0.2) is 42.5 Å². The number of rotatable bonds is 8. The largest absolute Gasteiger partial charge is 0.490 e. The number of nitrogens with two attached hydrogens (primary N) is 1. The van der Waals surface area contributed by atoms with Crippen molar-refractivity contribution >= 4 is 17.8 Å². The van der Waals surface area contributed by atoms with Crippen LogP contribution in [-0.2, 0) is 20.8 Å². The molecule has 1 aromatic carbocycles. The first-order chi connectivity index (χ1) is 15.9. The molecular weight excluding hydrogens is 451 g/mol. The summed E-state index contributed by atoms with van der Waals surface area (Å²) in [5.74, 6) is -2.54. The number of amides is 2. The van der Waals surface area contributed by atoms with E-state index >= 15 is 0 Å². The van der Waals surface area contributed by atoms with E-state index in [1.165, 1.54) is 24.8 Å². The van der Waals surface area contributed by atoms with Gasteiger partial charge in [-0.25, -0.2) is 4.79 Å². The van der Waals surface area contributed by atoms with E-state index in [2.05, 4.69) is 29.7 Å². The van der Waals surface area contributed by atoms with Gasteiger partial charge in [-0.1, -0.05) is 56.2 Å². The number of nitrogens with one attached hydrogen (secondary N) is 2. The lowest BCUT2D eigenvalue weighted by atomic mass is 9.86. The van der Waals surface area contributed by atoms with Gasteiger partial charge in [0.1, 0.15) is 0 Å². The van der Waals surface area contributed by atoms with Gasteiger partial charge in [0, 0.05) is 18.2 Å². The van der Waals surface area contributed by atoms with Gasteiger partial charge in [-0.05, 0) is 44.1 Å². The van der Waals surface area contributed by atoms with Gasteiger partial charge in [-0.2, -0.15) is 13.2 Å². The van der Waals surface area contributed by atoms with Crippen LogP contribution >= 0.6 is 0 Å². The summed E-state index contributed by atoms with van der Waals surface area (Å²) in [7, 11) is 0. The maximum atomic E-state index is 12.3. The number of hydrogen-bond donors (Lipinski definition) is 4. The first-order valence-electron chi connectivity index (χ1n) is 11.3. The molecule has 1 aromatic rings. The van der Waals surface area contributed by atoms with Gasteiger partial charge in [0.05, 0.1) is 6.04 Å². The molecule has 10 heteroatoms. The summed E-state index contributed by atoms with van der Waals surface area (Å²) in [4.78, 5) is 33.2. The predicted molar refractivity (Wildman–Crippen MR) is 123 cm³/mol. The molecule has 0 bridgehead atoms. The molecule has 2 amide bonds. The minimum atomic E-state index is -5.08. The highest BCUT2D eigenvalue weighted by Gasteiger charge is 2.38. The fourth-order valence-electron chi connectivity index (χ4n) is 3.46. The Bertz CT molecular complexity index is 813. The lowest BCUT2D eigenvalue weighted by molar-refractivity contribution is -0.192. The Morgan fingerprint density at radius 1 is 1.18 bits per heavy atom. The number of aryl methyl sites for hydroxylation is 1. The Morgan fingerprint density at radius 3 is 2.29 bits per heavy atom. The average Bonchev–Trinajstić information content (AvgIpc) is 2.77. The lowest BCUT2D eigenvalue weighted by Crippen LogP contribution is -2.44. The third-order valence-corrected chi connectivity index (χ3v) is 5.49. The van der Waals surface area contributed by atoms with E-state index in [-0.39, 0.29) is 23.9 Å². The van der Waals surface area contributed by atoms with Crippen molar-refractivity contribution in [2.24, 2.45) is 11.7 Å². The van der Waals surface area contributed by atoms with E-state index in [1.807, 2.05) is 18.2 Å². The molecule has 5 N–H and O–H groups in total. The van der Waals surface area contributed by atoms with Gasteiger partial charge in [0.2, 0.25) is 11.8 Å². The standard InChI is InChI=1S/C22H33N3O2.C2HF3O2/c1-16-8-6-7-11-20(16)25-21(26)15-14-19(24-22(27)17(2)23)13-12-18-9-4-3-5-10-18;3-2(4,5)1(6)7/h3-5,9-10,14-17,19-20H,6-8,11-13,23H2,1-2H3,(H,24,27)(H,25,26);(H,6,7)/t16?,17-,19-,20?;/m0./s1. The van der Waals surface area contributed by atoms with Crippen LogP contribution in [0.2, 0.25) is 0 Å². The first-order valence-corrected chi connectivity index (χ1v) is 11.3. The second-order valence-electron chi connectivity index (χ2n) is 8.47. The summed E-state index contributed by atoms with van der Waals surface area (Å²) in [6, 6.07) is 9.55. The third-order valence-electron chi connectivity index (χ3n) is 5.49. The summed E-state index contributed by atoms with van der Waals surface area (Å²) >= 11 is 0. The number of carbonyl (C=O) groups excluding carboxylic acids is 2. The van der Waals surface area contributed by atoms with E-state index in [0.717, 1.165) is 12.8 Å². The van der Waals surface area contributed by atoms with E-state index in [0.29, 0.717) is 12.3 Å². The number of carbonyl (C=O) groups is 3. The molecule has 0 saturated heterocycles. The monoisotopic (exact) mass is 485 g/mol. The summed E-state index contributed by atoms with van der Waals surface area (Å²) in [5.41, 5.74) is 6.87. The zero-order valence-electron chi connectivity index (χ0n) is 19.5. The van der Waals surface area contributed by atoms with Gasteiger partial charge in [0.25, 0.3) is 0 Å². The van der Waals surface area contributed by atoms with E-state index < -0.39 is 18.2 Å². The van der Waals surface area contributed by atoms with Gasteiger partial charge < -0.3 is 21.5 Å². The molecule has 1 fully saturated rings. The van der Waals surface area contributed by atoms with Crippen LogP contribution < -0.4 is 16.4 Å². The topological polar surface area (TPSA) is 122 Å². The summed E-state index contributed by atoms with van der Waals surface area (Å²) in [5, 5.41) is 13.2. The van der Waals surface area contributed by atoms with Crippen molar-refractivity contribution in [1.82, 2.24) is 10.6 Å². The quantitative estimate of drug-likeness (QED) is 0.421.